The quantitative estimate of drug-likeness (QED) is 0.451. The van der Waals surface area contributed by atoms with E-state index < -0.39 is 9.84 Å². The lowest BCUT2D eigenvalue weighted by Gasteiger charge is -2.10. The number of benzene rings is 2. The van der Waals surface area contributed by atoms with Gasteiger partial charge in [0.15, 0.2) is 15.5 Å². The van der Waals surface area contributed by atoms with Crippen molar-refractivity contribution < 1.29 is 13.2 Å². The maximum absolute atomic E-state index is 11.8. The third-order valence-electron chi connectivity index (χ3n) is 5.02. The molecule has 0 fully saturated rings. The maximum Gasteiger partial charge on any atom is 0.175 e. The highest BCUT2D eigenvalue weighted by Gasteiger charge is 2.15. The van der Waals surface area contributed by atoms with Crippen LogP contribution in [0.5, 0.6) is 5.75 Å². The molecular weight excluding hydrogens is 410 g/mol. The van der Waals surface area contributed by atoms with E-state index in [2.05, 4.69) is 11.1 Å². The molecule has 2 heterocycles. The van der Waals surface area contributed by atoms with Gasteiger partial charge in [-0.3, -0.25) is 4.40 Å². The van der Waals surface area contributed by atoms with Crippen LogP contribution in [0.2, 0.25) is 0 Å². The van der Waals surface area contributed by atoms with Gasteiger partial charge in [0, 0.05) is 18.0 Å². The Morgan fingerprint density at radius 2 is 1.90 bits per heavy atom. The number of sulfone groups is 1. The minimum atomic E-state index is -3.29. The number of imidazole rings is 1. The van der Waals surface area contributed by atoms with Crippen LogP contribution in [0.25, 0.3) is 16.9 Å². The summed E-state index contributed by atoms with van der Waals surface area (Å²) in [5.41, 5.74) is 4.98. The van der Waals surface area contributed by atoms with Crippen molar-refractivity contribution in [1.82, 2.24) is 9.38 Å². The third-order valence-corrected chi connectivity index (χ3v) is 6.13. The fourth-order valence-corrected chi connectivity index (χ4v) is 4.18. The Kier molecular flexibility index (Phi) is 5.49. The van der Waals surface area contributed by atoms with Gasteiger partial charge in [-0.25, -0.2) is 13.4 Å². The summed E-state index contributed by atoms with van der Waals surface area (Å²) in [6.45, 7) is 2.34. The molecule has 0 bridgehead atoms. The number of hydrogen-bond donors (Lipinski definition) is 0. The third kappa shape index (κ3) is 4.16. The average molecular weight is 432 g/mol. The summed E-state index contributed by atoms with van der Waals surface area (Å²) in [4.78, 5) is 4.91. The molecule has 0 saturated carbocycles. The molecule has 2 aromatic heterocycles. The van der Waals surface area contributed by atoms with Crippen molar-refractivity contribution in [3.8, 4) is 23.1 Å². The van der Waals surface area contributed by atoms with Crippen molar-refractivity contribution >= 4 is 15.5 Å². The van der Waals surface area contributed by atoms with E-state index in [1.54, 1.807) is 24.3 Å². The van der Waals surface area contributed by atoms with E-state index in [-0.39, 0.29) is 4.90 Å². The lowest BCUT2D eigenvalue weighted by Crippen LogP contribution is -2.00. The first-order valence-corrected chi connectivity index (χ1v) is 11.7. The second-order valence-electron chi connectivity index (χ2n) is 7.22. The van der Waals surface area contributed by atoms with Crippen LogP contribution in [-0.4, -0.2) is 24.1 Å². The lowest BCUT2D eigenvalue weighted by molar-refractivity contribution is 0.305. The Hall–Kier alpha value is -3.63. The fourth-order valence-electron chi connectivity index (χ4n) is 3.52. The van der Waals surface area contributed by atoms with Gasteiger partial charge in [-0.05, 0) is 48.4 Å². The van der Waals surface area contributed by atoms with Crippen LogP contribution in [0.4, 0.5) is 0 Å². The smallest absolute Gasteiger partial charge is 0.175 e. The van der Waals surface area contributed by atoms with Crippen LogP contribution in [0.3, 0.4) is 0 Å². The predicted octanol–water partition coefficient (Wildman–Crippen LogP) is 4.42. The van der Waals surface area contributed by atoms with Crippen LogP contribution in [-0.2, 0) is 22.9 Å². The summed E-state index contributed by atoms with van der Waals surface area (Å²) in [6.07, 6.45) is 3.83. The first kappa shape index (κ1) is 20.6. The van der Waals surface area contributed by atoms with Gasteiger partial charge in [0.2, 0.25) is 0 Å². The van der Waals surface area contributed by atoms with Crippen LogP contribution in [0.15, 0.2) is 71.8 Å². The van der Waals surface area contributed by atoms with Gasteiger partial charge >= 0.3 is 0 Å². The van der Waals surface area contributed by atoms with Gasteiger partial charge in [0.1, 0.15) is 18.4 Å². The summed E-state index contributed by atoms with van der Waals surface area (Å²) >= 11 is 0. The van der Waals surface area contributed by atoms with E-state index in [0.717, 1.165) is 28.9 Å². The van der Waals surface area contributed by atoms with Crippen LogP contribution < -0.4 is 4.74 Å². The molecule has 0 spiro atoms. The Bertz CT molecular complexity index is 1420. The van der Waals surface area contributed by atoms with E-state index in [1.807, 2.05) is 47.9 Å². The molecule has 0 radical (unpaired) electrons. The van der Waals surface area contributed by atoms with E-state index in [1.165, 1.54) is 12.3 Å². The molecule has 0 unspecified atom stereocenters. The van der Waals surface area contributed by atoms with Gasteiger partial charge in [-0.2, -0.15) is 5.26 Å². The van der Waals surface area contributed by atoms with Gasteiger partial charge in [0.25, 0.3) is 0 Å². The van der Waals surface area contributed by atoms with Crippen LogP contribution in [0, 0.1) is 11.3 Å². The Morgan fingerprint density at radius 1 is 1.10 bits per heavy atom. The summed E-state index contributed by atoms with van der Waals surface area (Å²) in [6, 6.07) is 20.2. The van der Waals surface area contributed by atoms with E-state index in [4.69, 9.17) is 4.74 Å². The number of aromatic nitrogens is 2. The summed E-state index contributed by atoms with van der Waals surface area (Å²) in [5.74, 6) is 0.496. The van der Waals surface area contributed by atoms with Crippen molar-refractivity contribution in [1.29, 1.82) is 5.26 Å². The first-order chi connectivity index (χ1) is 14.9. The number of nitrogens with zero attached hydrogens (tertiary/aromatic N) is 3. The largest absolute Gasteiger partial charge is 0.489 e. The average Bonchev–Trinajstić information content (AvgIpc) is 3.16. The number of hydrogen-bond acceptors (Lipinski definition) is 5. The Labute approximate surface area is 181 Å². The SMILES string of the molecule is CCc1nc2c(C#N)cccn2c1-c1cccc(COc2cccc(S(C)(=O)=O)c2)c1. The molecule has 0 atom stereocenters. The molecule has 0 N–H and O–H groups in total. The van der Waals surface area contributed by atoms with Gasteiger partial charge in [-0.1, -0.05) is 31.2 Å². The van der Waals surface area contributed by atoms with Crippen molar-refractivity contribution in [3.05, 3.63) is 83.7 Å². The Balaban J connectivity index is 1.67. The highest BCUT2D eigenvalue weighted by molar-refractivity contribution is 7.90. The molecule has 156 valence electrons. The number of pyridine rings is 1. The number of ether oxygens (including phenoxy) is 1. The fraction of sp³-hybridized carbons (Fsp3) is 0.167. The monoisotopic (exact) mass is 431 g/mol. The Morgan fingerprint density at radius 3 is 2.65 bits per heavy atom. The van der Waals surface area contributed by atoms with Crippen molar-refractivity contribution in [2.45, 2.75) is 24.8 Å². The van der Waals surface area contributed by atoms with Crippen molar-refractivity contribution in [2.24, 2.45) is 0 Å². The molecule has 0 saturated heterocycles. The molecule has 7 heteroatoms. The summed E-state index contributed by atoms with van der Waals surface area (Å²) in [5, 5.41) is 9.41. The second-order valence-corrected chi connectivity index (χ2v) is 9.24. The molecule has 4 aromatic rings. The number of nitriles is 1. The molecule has 4 rings (SSSR count). The maximum atomic E-state index is 11.8. The molecule has 0 amide bonds. The highest BCUT2D eigenvalue weighted by Crippen LogP contribution is 2.28. The van der Waals surface area contributed by atoms with E-state index >= 15 is 0 Å². The zero-order chi connectivity index (χ0) is 22.0. The minimum Gasteiger partial charge on any atom is -0.489 e. The first-order valence-electron chi connectivity index (χ1n) is 9.83. The van der Waals surface area contributed by atoms with Crippen molar-refractivity contribution in [2.75, 3.05) is 6.26 Å². The molecule has 0 aliphatic rings. The zero-order valence-corrected chi connectivity index (χ0v) is 18.1. The summed E-state index contributed by atoms with van der Waals surface area (Å²) in [7, 11) is -3.29. The standard InChI is InChI=1S/C24H21N3O3S/c1-3-22-23(27-12-6-9-19(15-25)24(27)26-22)18-8-4-7-17(13-18)16-30-20-10-5-11-21(14-20)31(2,28)29/h4-14H,3,16H2,1-2H3. The van der Waals surface area contributed by atoms with Gasteiger partial charge < -0.3 is 4.74 Å². The topological polar surface area (TPSA) is 84.5 Å². The van der Waals surface area contributed by atoms with Crippen LogP contribution >= 0.6 is 0 Å². The molecule has 2 aromatic carbocycles. The normalized spacial score (nSPS) is 11.4. The van der Waals surface area contributed by atoms with E-state index in [9.17, 15) is 13.7 Å². The minimum absolute atomic E-state index is 0.227. The van der Waals surface area contributed by atoms with Crippen molar-refractivity contribution in [3.63, 3.8) is 0 Å². The molecule has 0 aliphatic carbocycles. The van der Waals surface area contributed by atoms with Crippen LogP contribution in [0.1, 0.15) is 23.7 Å². The van der Waals surface area contributed by atoms with Gasteiger partial charge in [0.05, 0.1) is 21.8 Å². The molecule has 31 heavy (non-hydrogen) atoms. The predicted molar refractivity (Wildman–Crippen MR) is 119 cm³/mol. The zero-order valence-electron chi connectivity index (χ0n) is 17.2. The number of fused-ring (bicyclic) bond motifs is 1. The van der Waals surface area contributed by atoms with E-state index in [0.29, 0.717) is 23.6 Å². The number of rotatable bonds is 6. The second kappa shape index (κ2) is 8.25. The molecule has 6 nitrogen and oxygen atoms in total. The summed E-state index contributed by atoms with van der Waals surface area (Å²) < 4.78 is 31.3. The number of aryl methyl sites for hydroxylation is 1. The lowest BCUT2D eigenvalue weighted by atomic mass is 10.1. The van der Waals surface area contributed by atoms with Gasteiger partial charge in [-0.15, -0.1) is 0 Å². The highest BCUT2D eigenvalue weighted by atomic mass is 32.2. The molecular formula is C24H21N3O3S. The molecule has 0 aliphatic heterocycles.